The number of anilines is 1. The summed E-state index contributed by atoms with van der Waals surface area (Å²) in [5.74, 6) is 0.137. The van der Waals surface area contributed by atoms with Crippen LogP contribution in [0.5, 0.6) is 0 Å². The summed E-state index contributed by atoms with van der Waals surface area (Å²) in [6.45, 7) is 5.43. The summed E-state index contributed by atoms with van der Waals surface area (Å²) in [4.78, 5) is 23.3. The summed E-state index contributed by atoms with van der Waals surface area (Å²) in [7, 11) is 0. The second kappa shape index (κ2) is 4.44. The van der Waals surface area contributed by atoms with Gasteiger partial charge in [-0.25, -0.2) is 4.79 Å². The maximum atomic E-state index is 11.7. The van der Waals surface area contributed by atoms with Gasteiger partial charge in [-0.15, -0.1) is 0 Å². The molecule has 1 aromatic rings. The first-order chi connectivity index (χ1) is 8.37. The molecule has 1 aliphatic rings. The lowest BCUT2D eigenvalue weighted by molar-refractivity contribution is 0.0635. The Morgan fingerprint density at radius 2 is 2.00 bits per heavy atom. The monoisotopic (exact) mass is 247 g/mol. The van der Waals surface area contributed by atoms with Gasteiger partial charge in [0, 0.05) is 17.7 Å². The van der Waals surface area contributed by atoms with E-state index in [4.69, 9.17) is 4.74 Å². The fourth-order valence-electron chi connectivity index (χ4n) is 2.02. The molecule has 0 aliphatic heterocycles. The van der Waals surface area contributed by atoms with Crippen LogP contribution in [-0.2, 0) is 11.2 Å². The molecule has 0 unspecified atom stereocenters. The first kappa shape index (κ1) is 12.6. The van der Waals surface area contributed by atoms with Crippen molar-refractivity contribution >= 4 is 17.6 Å². The van der Waals surface area contributed by atoms with Crippen molar-refractivity contribution in [1.82, 2.24) is 0 Å². The van der Waals surface area contributed by atoms with Crippen molar-refractivity contribution in [3.63, 3.8) is 0 Å². The van der Waals surface area contributed by atoms with E-state index >= 15 is 0 Å². The number of rotatable bonds is 1. The molecule has 2 rings (SSSR count). The molecule has 0 fully saturated rings. The molecule has 0 radical (unpaired) electrons. The predicted octanol–water partition coefficient (Wildman–Crippen LogP) is 3.16. The van der Waals surface area contributed by atoms with Gasteiger partial charge in [0.25, 0.3) is 0 Å². The maximum Gasteiger partial charge on any atom is 0.412 e. The molecule has 4 nitrogen and oxygen atoms in total. The number of Topliss-reactive ketones (excluding diaryl/α,β-unsaturated/α-hetero) is 1. The summed E-state index contributed by atoms with van der Waals surface area (Å²) >= 11 is 0. The van der Waals surface area contributed by atoms with Crippen LogP contribution in [0.1, 0.15) is 43.1 Å². The van der Waals surface area contributed by atoms with Crippen LogP contribution < -0.4 is 5.32 Å². The Morgan fingerprint density at radius 3 is 2.67 bits per heavy atom. The van der Waals surface area contributed by atoms with Crippen LogP contribution in [-0.4, -0.2) is 17.5 Å². The number of nitrogens with one attached hydrogen (secondary N) is 1. The molecule has 4 heteroatoms. The van der Waals surface area contributed by atoms with Crippen molar-refractivity contribution in [2.45, 2.75) is 39.2 Å². The van der Waals surface area contributed by atoms with Gasteiger partial charge in [0.1, 0.15) is 5.60 Å². The molecular formula is C14H17NO3. The van der Waals surface area contributed by atoms with Crippen molar-refractivity contribution in [2.24, 2.45) is 0 Å². The molecule has 1 amide bonds. The van der Waals surface area contributed by atoms with Gasteiger partial charge in [0.15, 0.2) is 5.78 Å². The summed E-state index contributed by atoms with van der Waals surface area (Å²) in [5.41, 5.74) is 1.77. The molecule has 0 saturated carbocycles. The number of hydrogen-bond donors (Lipinski definition) is 1. The topological polar surface area (TPSA) is 55.4 Å². The fraction of sp³-hybridized carbons (Fsp3) is 0.429. The van der Waals surface area contributed by atoms with E-state index in [1.807, 2.05) is 20.8 Å². The van der Waals surface area contributed by atoms with Gasteiger partial charge in [-0.2, -0.15) is 0 Å². The Hall–Kier alpha value is -1.84. The largest absolute Gasteiger partial charge is 0.444 e. The highest BCUT2D eigenvalue weighted by molar-refractivity contribution is 6.03. The van der Waals surface area contributed by atoms with Crippen LogP contribution in [0.3, 0.4) is 0 Å². The van der Waals surface area contributed by atoms with Crippen molar-refractivity contribution in [3.05, 3.63) is 29.3 Å². The van der Waals surface area contributed by atoms with Crippen LogP contribution in [0.2, 0.25) is 0 Å². The highest BCUT2D eigenvalue weighted by Gasteiger charge is 2.23. The van der Waals surface area contributed by atoms with Gasteiger partial charge >= 0.3 is 6.09 Å². The molecule has 0 atom stereocenters. The van der Waals surface area contributed by atoms with Crippen LogP contribution in [0, 0.1) is 0 Å². The molecule has 1 aromatic carbocycles. The lowest BCUT2D eigenvalue weighted by atomic mass is 10.1. The predicted molar refractivity (Wildman–Crippen MR) is 69.0 cm³/mol. The first-order valence-corrected chi connectivity index (χ1v) is 6.02. The molecule has 0 bridgehead atoms. The van der Waals surface area contributed by atoms with Gasteiger partial charge in [0.2, 0.25) is 0 Å². The normalized spacial score (nSPS) is 14.3. The average molecular weight is 247 g/mol. The molecular weight excluding hydrogens is 230 g/mol. The second-order valence-electron chi connectivity index (χ2n) is 5.38. The van der Waals surface area contributed by atoms with Crippen LogP contribution >= 0.6 is 0 Å². The van der Waals surface area contributed by atoms with Crippen molar-refractivity contribution in [3.8, 4) is 0 Å². The summed E-state index contributed by atoms with van der Waals surface area (Å²) in [6, 6.07) is 5.36. The number of fused-ring (bicyclic) bond motifs is 1. The molecule has 1 N–H and O–H groups in total. The summed E-state index contributed by atoms with van der Waals surface area (Å²) < 4.78 is 5.19. The molecule has 0 aromatic heterocycles. The van der Waals surface area contributed by atoms with E-state index in [9.17, 15) is 9.59 Å². The van der Waals surface area contributed by atoms with Crippen LogP contribution in [0.15, 0.2) is 18.2 Å². The van der Waals surface area contributed by atoms with Gasteiger partial charge in [-0.05, 0) is 38.8 Å². The average Bonchev–Trinajstić information content (AvgIpc) is 2.59. The minimum Gasteiger partial charge on any atom is -0.444 e. The van der Waals surface area contributed by atoms with Gasteiger partial charge in [-0.3, -0.25) is 10.1 Å². The number of ketones is 1. The fourth-order valence-corrected chi connectivity index (χ4v) is 2.02. The van der Waals surface area contributed by atoms with E-state index in [-0.39, 0.29) is 5.78 Å². The van der Waals surface area contributed by atoms with E-state index in [0.29, 0.717) is 24.1 Å². The standard InChI is InChI=1S/C14H17NO3/c1-14(2,3)18-13(17)15-11-6-4-5-10-9(11)7-8-12(10)16/h4-6H,7-8H2,1-3H3,(H,15,17). The first-order valence-electron chi connectivity index (χ1n) is 6.02. The Kier molecular flexibility index (Phi) is 3.11. The summed E-state index contributed by atoms with van der Waals surface area (Å²) in [5, 5.41) is 2.71. The van der Waals surface area contributed by atoms with Gasteiger partial charge < -0.3 is 4.74 Å². The SMILES string of the molecule is CC(C)(C)OC(=O)Nc1cccc2c1CCC2=O. The van der Waals surface area contributed by atoms with E-state index in [0.717, 1.165) is 5.56 Å². The maximum absolute atomic E-state index is 11.7. The van der Waals surface area contributed by atoms with E-state index < -0.39 is 11.7 Å². The van der Waals surface area contributed by atoms with E-state index in [1.165, 1.54) is 0 Å². The van der Waals surface area contributed by atoms with Crippen molar-refractivity contribution < 1.29 is 14.3 Å². The molecule has 0 spiro atoms. The Morgan fingerprint density at radius 1 is 1.28 bits per heavy atom. The van der Waals surface area contributed by atoms with Crippen molar-refractivity contribution in [1.29, 1.82) is 0 Å². The minimum absolute atomic E-state index is 0.137. The number of carbonyl (C=O) groups is 2. The molecule has 18 heavy (non-hydrogen) atoms. The van der Waals surface area contributed by atoms with Crippen LogP contribution in [0.4, 0.5) is 10.5 Å². The highest BCUT2D eigenvalue weighted by Crippen LogP contribution is 2.29. The quantitative estimate of drug-likeness (QED) is 0.829. The molecule has 1 aliphatic carbocycles. The number of hydrogen-bond acceptors (Lipinski definition) is 3. The zero-order chi connectivity index (χ0) is 13.3. The summed E-state index contributed by atoms with van der Waals surface area (Å²) in [6.07, 6.45) is 0.706. The molecule has 96 valence electrons. The minimum atomic E-state index is -0.530. The van der Waals surface area contributed by atoms with E-state index in [2.05, 4.69) is 5.32 Å². The van der Waals surface area contributed by atoms with Gasteiger partial charge in [0.05, 0.1) is 0 Å². The van der Waals surface area contributed by atoms with Gasteiger partial charge in [-0.1, -0.05) is 12.1 Å². The third-order valence-corrected chi connectivity index (χ3v) is 2.71. The Balaban J connectivity index is 2.16. The number of ether oxygens (including phenoxy) is 1. The second-order valence-corrected chi connectivity index (χ2v) is 5.38. The van der Waals surface area contributed by atoms with E-state index in [1.54, 1.807) is 18.2 Å². The zero-order valence-electron chi connectivity index (χ0n) is 10.9. The number of benzene rings is 1. The number of amides is 1. The lowest BCUT2D eigenvalue weighted by Gasteiger charge is -2.20. The molecule has 0 heterocycles. The van der Waals surface area contributed by atoms with Crippen molar-refractivity contribution in [2.75, 3.05) is 5.32 Å². The number of carbonyl (C=O) groups excluding carboxylic acids is 2. The lowest BCUT2D eigenvalue weighted by Crippen LogP contribution is -2.27. The third-order valence-electron chi connectivity index (χ3n) is 2.71. The zero-order valence-corrected chi connectivity index (χ0v) is 10.9. The molecule has 0 saturated heterocycles. The Bertz CT molecular complexity index is 500. The Labute approximate surface area is 106 Å². The third kappa shape index (κ3) is 2.70. The smallest absolute Gasteiger partial charge is 0.412 e. The van der Waals surface area contributed by atoms with Crippen LogP contribution in [0.25, 0.3) is 0 Å². The highest BCUT2D eigenvalue weighted by atomic mass is 16.6.